The van der Waals surface area contributed by atoms with Crippen LogP contribution in [0.25, 0.3) is 0 Å². The van der Waals surface area contributed by atoms with Crippen molar-refractivity contribution in [3.63, 3.8) is 0 Å². The van der Waals surface area contributed by atoms with Gasteiger partial charge < -0.3 is 11.1 Å². The van der Waals surface area contributed by atoms with E-state index in [1.807, 2.05) is 0 Å². The molecule has 0 heterocycles. The van der Waals surface area contributed by atoms with E-state index in [0.717, 1.165) is 25.3 Å². The summed E-state index contributed by atoms with van der Waals surface area (Å²) in [6.45, 7) is 5.36. The van der Waals surface area contributed by atoms with Crippen LogP contribution in [0.2, 0.25) is 0 Å². The molecule has 2 saturated carbocycles. The second kappa shape index (κ2) is 6.74. The predicted molar refractivity (Wildman–Crippen MR) is 78.6 cm³/mol. The van der Waals surface area contributed by atoms with Crippen LogP contribution in [0.1, 0.15) is 58.8 Å². The molecule has 3 heteroatoms. The fourth-order valence-corrected chi connectivity index (χ4v) is 3.87. The highest BCUT2D eigenvalue weighted by molar-refractivity contribution is 5.79. The van der Waals surface area contributed by atoms with Crippen molar-refractivity contribution in [1.82, 2.24) is 5.32 Å². The molecule has 0 bridgehead atoms. The van der Waals surface area contributed by atoms with Crippen molar-refractivity contribution in [3.05, 3.63) is 0 Å². The first-order valence-corrected chi connectivity index (χ1v) is 8.11. The maximum Gasteiger partial charge on any atom is 0.224 e. The second-order valence-electron chi connectivity index (χ2n) is 6.97. The van der Waals surface area contributed by atoms with Gasteiger partial charge in [0.2, 0.25) is 5.91 Å². The van der Waals surface area contributed by atoms with Crippen LogP contribution in [-0.2, 0) is 4.79 Å². The van der Waals surface area contributed by atoms with Gasteiger partial charge in [-0.05, 0) is 43.4 Å². The Morgan fingerprint density at radius 2 is 1.89 bits per heavy atom. The topological polar surface area (TPSA) is 55.1 Å². The van der Waals surface area contributed by atoms with Crippen LogP contribution >= 0.6 is 0 Å². The monoisotopic (exact) mass is 266 g/mol. The van der Waals surface area contributed by atoms with Crippen LogP contribution in [0.5, 0.6) is 0 Å². The predicted octanol–water partition coefficient (Wildman–Crippen LogP) is 2.69. The van der Waals surface area contributed by atoms with Gasteiger partial charge in [-0.15, -0.1) is 0 Å². The molecule has 19 heavy (non-hydrogen) atoms. The SMILES string of the molecule is CC1CCCC(CNC(=O)C2CCCC(C)C2N)C1. The largest absolute Gasteiger partial charge is 0.356 e. The van der Waals surface area contributed by atoms with Crippen molar-refractivity contribution < 1.29 is 4.79 Å². The van der Waals surface area contributed by atoms with Crippen molar-refractivity contribution >= 4 is 5.91 Å². The third kappa shape index (κ3) is 3.95. The number of carbonyl (C=O) groups is 1. The minimum absolute atomic E-state index is 0.0461. The van der Waals surface area contributed by atoms with Crippen LogP contribution in [0.3, 0.4) is 0 Å². The van der Waals surface area contributed by atoms with Crippen molar-refractivity contribution in [2.24, 2.45) is 29.4 Å². The van der Waals surface area contributed by atoms with Crippen molar-refractivity contribution in [3.8, 4) is 0 Å². The summed E-state index contributed by atoms with van der Waals surface area (Å²) in [6, 6.07) is 0.0547. The molecule has 1 amide bonds. The maximum absolute atomic E-state index is 12.3. The Morgan fingerprint density at radius 3 is 2.63 bits per heavy atom. The zero-order valence-electron chi connectivity index (χ0n) is 12.5. The average molecular weight is 266 g/mol. The lowest BCUT2D eigenvalue weighted by atomic mass is 9.77. The van der Waals surface area contributed by atoms with Gasteiger partial charge in [-0.2, -0.15) is 0 Å². The highest BCUT2D eigenvalue weighted by Gasteiger charge is 2.33. The molecule has 0 aromatic rings. The quantitative estimate of drug-likeness (QED) is 0.825. The van der Waals surface area contributed by atoms with E-state index in [2.05, 4.69) is 19.2 Å². The van der Waals surface area contributed by atoms with Gasteiger partial charge in [0, 0.05) is 12.6 Å². The number of nitrogens with one attached hydrogen (secondary N) is 1. The number of carbonyl (C=O) groups excluding carboxylic acids is 1. The van der Waals surface area contributed by atoms with Gasteiger partial charge >= 0.3 is 0 Å². The second-order valence-corrected chi connectivity index (χ2v) is 6.97. The Bertz CT molecular complexity index is 305. The molecule has 0 saturated heterocycles. The molecule has 3 nitrogen and oxygen atoms in total. The Balaban J connectivity index is 1.77. The normalized spacial score (nSPS) is 39.8. The minimum Gasteiger partial charge on any atom is -0.356 e. The smallest absolute Gasteiger partial charge is 0.224 e. The van der Waals surface area contributed by atoms with E-state index in [4.69, 9.17) is 5.73 Å². The lowest BCUT2D eigenvalue weighted by molar-refractivity contribution is -0.127. The number of amides is 1. The molecule has 5 unspecified atom stereocenters. The van der Waals surface area contributed by atoms with Gasteiger partial charge in [0.25, 0.3) is 0 Å². The lowest BCUT2D eigenvalue weighted by Crippen LogP contribution is -2.48. The van der Waals surface area contributed by atoms with E-state index < -0.39 is 0 Å². The molecule has 2 fully saturated rings. The Labute approximate surface area is 117 Å². The molecule has 2 rings (SSSR count). The fourth-order valence-electron chi connectivity index (χ4n) is 3.87. The molecule has 0 aromatic heterocycles. The van der Waals surface area contributed by atoms with Crippen LogP contribution in [0.15, 0.2) is 0 Å². The average Bonchev–Trinajstić information content (AvgIpc) is 2.39. The summed E-state index contributed by atoms with van der Waals surface area (Å²) in [5, 5.41) is 3.17. The van der Waals surface area contributed by atoms with Crippen molar-refractivity contribution in [2.45, 2.75) is 64.8 Å². The Hall–Kier alpha value is -0.570. The fraction of sp³-hybridized carbons (Fsp3) is 0.938. The molecule has 3 N–H and O–H groups in total. The zero-order chi connectivity index (χ0) is 13.8. The lowest BCUT2D eigenvalue weighted by Gasteiger charge is -2.33. The van der Waals surface area contributed by atoms with Crippen molar-refractivity contribution in [1.29, 1.82) is 0 Å². The van der Waals surface area contributed by atoms with Crippen LogP contribution in [0, 0.1) is 23.7 Å². The van der Waals surface area contributed by atoms with Crippen LogP contribution in [-0.4, -0.2) is 18.5 Å². The third-order valence-electron chi connectivity index (χ3n) is 5.24. The van der Waals surface area contributed by atoms with Gasteiger partial charge in [-0.25, -0.2) is 0 Å². The van der Waals surface area contributed by atoms with Crippen molar-refractivity contribution in [2.75, 3.05) is 6.54 Å². The van der Waals surface area contributed by atoms with Crippen LogP contribution < -0.4 is 11.1 Å². The Kier molecular flexibility index (Phi) is 5.26. The molecule has 0 aromatic carbocycles. The summed E-state index contributed by atoms with van der Waals surface area (Å²) in [5.74, 6) is 2.25. The van der Waals surface area contributed by atoms with E-state index in [9.17, 15) is 4.79 Å². The van der Waals surface area contributed by atoms with E-state index in [-0.39, 0.29) is 17.9 Å². The first-order chi connectivity index (χ1) is 9.08. The summed E-state index contributed by atoms with van der Waals surface area (Å²) >= 11 is 0. The minimum atomic E-state index is 0.0461. The standard InChI is InChI=1S/C16H30N2O/c1-11-5-3-7-13(9-11)10-18-16(19)14-8-4-6-12(2)15(14)17/h11-15H,3-10,17H2,1-2H3,(H,18,19). The van der Waals surface area contributed by atoms with Gasteiger partial charge in [-0.1, -0.05) is 33.1 Å². The molecular weight excluding hydrogens is 236 g/mol. The van der Waals surface area contributed by atoms with Crippen LogP contribution in [0.4, 0.5) is 0 Å². The number of hydrogen-bond acceptors (Lipinski definition) is 2. The third-order valence-corrected chi connectivity index (χ3v) is 5.24. The van der Waals surface area contributed by atoms with E-state index in [1.165, 1.54) is 32.1 Å². The molecule has 5 atom stereocenters. The summed E-state index contributed by atoms with van der Waals surface area (Å²) in [4.78, 5) is 12.3. The van der Waals surface area contributed by atoms with Gasteiger partial charge in [0.15, 0.2) is 0 Å². The number of rotatable bonds is 3. The summed E-state index contributed by atoms with van der Waals surface area (Å²) in [6.07, 6.45) is 8.51. The molecule has 0 radical (unpaired) electrons. The van der Waals surface area contributed by atoms with E-state index in [0.29, 0.717) is 11.8 Å². The van der Waals surface area contributed by atoms with E-state index in [1.54, 1.807) is 0 Å². The molecule has 0 aliphatic heterocycles. The van der Waals surface area contributed by atoms with E-state index >= 15 is 0 Å². The first kappa shape index (κ1) is 14.8. The highest BCUT2D eigenvalue weighted by Crippen LogP contribution is 2.29. The molecular formula is C16H30N2O. The Morgan fingerprint density at radius 1 is 1.16 bits per heavy atom. The van der Waals surface area contributed by atoms with Gasteiger partial charge in [0.1, 0.15) is 0 Å². The molecule has 110 valence electrons. The molecule has 0 spiro atoms. The number of nitrogens with two attached hydrogens (primary N) is 1. The highest BCUT2D eigenvalue weighted by atomic mass is 16.1. The molecule has 2 aliphatic rings. The summed E-state index contributed by atoms with van der Waals surface area (Å²) in [5.41, 5.74) is 6.19. The van der Waals surface area contributed by atoms with Gasteiger partial charge in [0.05, 0.1) is 5.92 Å². The molecule has 2 aliphatic carbocycles. The van der Waals surface area contributed by atoms with Gasteiger partial charge in [-0.3, -0.25) is 4.79 Å². The zero-order valence-corrected chi connectivity index (χ0v) is 12.5. The maximum atomic E-state index is 12.3. The summed E-state index contributed by atoms with van der Waals surface area (Å²) in [7, 11) is 0. The number of hydrogen-bond donors (Lipinski definition) is 2. The first-order valence-electron chi connectivity index (χ1n) is 8.11. The summed E-state index contributed by atoms with van der Waals surface area (Å²) < 4.78 is 0.